The molecule has 1 aliphatic rings. The van der Waals surface area contributed by atoms with Crippen molar-refractivity contribution in [2.45, 2.75) is 17.7 Å². The Labute approximate surface area is 179 Å². The fourth-order valence-corrected chi connectivity index (χ4v) is 4.68. The topological polar surface area (TPSA) is 110 Å². The number of nitro benzene ring substituents is 1. The Hall–Kier alpha value is -3.72. The van der Waals surface area contributed by atoms with E-state index < -0.39 is 14.9 Å². The molecule has 0 bridgehead atoms. The number of amides is 1. The van der Waals surface area contributed by atoms with Gasteiger partial charge >= 0.3 is 0 Å². The molecule has 1 N–H and O–H groups in total. The summed E-state index contributed by atoms with van der Waals surface area (Å²) in [6.07, 6.45) is 1.47. The predicted molar refractivity (Wildman–Crippen MR) is 117 cm³/mol. The molecule has 0 aromatic heterocycles. The van der Waals surface area contributed by atoms with Crippen molar-refractivity contribution >= 4 is 33.0 Å². The van der Waals surface area contributed by atoms with Gasteiger partial charge in [-0.15, -0.1) is 0 Å². The van der Waals surface area contributed by atoms with Crippen LogP contribution in [0.3, 0.4) is 0 Å². The van der Waals surface area contributed by atoms with Crippen LogP contribution in [-0.4, -0.2) is 25.8 Å². The van der Waals surface area contributed by atoms with Gasteiger partial charge in [-0.2, -0.15) is 0 Å². The van der Waals surface area contributed by atoms with Gasteiger partial charge in [0.1, 0.15) is 0 Å². The highest BCUT2D eigenvalue weighted by Crippen LogP contribution is 2.32. The summed E-state index contributed by atoms with van der Waals surface area (Å²) in [7, 11) is -4.00. The number of benzene rings is 3. The van der Waals surface area contributed by atoms with Crippen molar-refractivity contribution in [1.82, 2.24) is 0 Å². The van der Waals surface area contributed by atoms with E-state index in [1.807, 2.05) is 18.2 Å². The second-order valence-electron chi connectivity index (χ2n) is 7.13. The van der Waals surface area contributed by atoms with E-state index in [4.69, 9.17) is 0 Å². The quantitative estimate of drug-likeness (QED) is 0.479. The molecule has 31 heavy (non-hydrogen) atoms. The van der Waals surface area contributed by atoms with Crippen molar-refractivity contribution < 1.29 is 18.1 Å². The maximum absolute atomic E-state index is 12.9. The number of hydrogen-bond donors (Lipinski definition) is 1. The molecule has 8 nitrogen and oxygen atoms in total. The average molecular weight is 437 g/mol. The van der Waals surface area contributed by atoms with Gasteiger partial charge in [0.05, 0.1) is 9.82 Å². The lowest BCUT2D eigenvalue weighted by Crippen LogP contribution is -2.35. The zero-order valence-corrected chi connectivity index (χ0v) is 17.2. The molecule has 0 saturated carbocycles. The summed E-state index contributed by atoms with van der Waals surface area (Å²) in [5, 5.41) is 10.9. The lowest BCUT2D eigenvalue weighted by atomic mass is 10.00. The molecular weight excluding hydrogens is 418 g/mol. The Morgan fingerprint density at radius 2 is 1.77 bits per heavy atom. The van der Waals surface area contributed by atoms with Crippen LogP contribution >= 0.6 is 0 Å². The zero-order chi connectivity index (χ0) is 22.0. The highest BCUT2D eigenvalue weighted by Gasteiger charge is 2.25. The molecule has 0 saturated heterocycles. The first-order valence-electron chi connectivity index (χ1n) is 9.62. The largest absolute Gasteiger partial charge is 0.308 e. The van der Waals surface area contributed by atoms with Crippen LogP contribution in [0.25, 0.3) is 0 Å². The fraction of sp³-hybridized carbons (Fsp3) is 0.136. The van der Waals surface area contributed by atoms with Crippen molar-refractivity contribution in [2.75, 3.05) is 16.2 Å². The number of carbonyl (C=O) groups excluding carboxylic acids is 1. The van der Waals surface area contributed by atoms with Gasteiger partial charge < -0.3 is 4.90 Å². The molecule has 1 amide bonds. The van der Waals surface area contributed by atoms with Crippen molar-refractivity contribution in [3.8, 4) is 0 Å². The maximum atomic E-state index is 12.9. The van der Waals surface area contributed by atoms with E-state index >= 15 is 0 Å². The van der Waals surface area contributed by atoms with Crippen LogP contribution in [0.5, 0.6) is 0 Å². The lowest BCUT2D eigenvalue weighted by Gasteiger charge is -2.30. The summed E-state index contributed by atoms with van der Waals surface area (Å²) in [5.41, 5.74) is 2.22. The molecule has 1 heterocycles. The summed E-state index contributed by atoms with van der Waals surface area (Å²) in [6.45, 7) is 0.583. The number of rotatable bonds is 5. The Kier molecular flexibility index (Phi) is 5.43. The molecule has 1 aliphatic heterocycles. The van der Waals surface area contributed by atoms with Crippen LogP contribution in [0.4, 0.5) is 17.1 Å². The molecule has 0 unspecified atom stereocenters. The Morgan fingerprint density at radius 3 is 2.52 bits per heavy atom. The number of sulfonamides is 1. The molecule has 0 radical (unpaired) electrons. The van der Waals surface area contributed by atoms with E-state index in [2.05, 4.69) is 4.72 Å². The van der Waals surface area contributed by atoms with Crippen molar-refractivity contribution in [2.24, 2.45) is 0 Å². The number of carbonyl (C=O) groups is 1. The van der Waals surface area contributed by atoms with Crippen LogP contribution in [0.2, 0.25) is 0 Å². The van der Waals surface area contributed by atoms with Gasteiger partial charge in [-0.3, -0.25) is 19.6 Å². The third kappa shape index (κ3) is 4.26. The Morgan fingerprint density at radius 1 is 1.00 bits per heavy atom. The van der Waals surface area contributed by atoms with Crippen LogP contribution in [0.15, 0.2) is 77.7 Å². The minimum atomic E-state index is -4.00. The lowest BCUT2D eigenvalue weighted by molar-refractivity contribution is -0.385. The number of nitrogens with zero attached hydrogens (tertiary/aromatic N) is 2. The number of nitrogens with one attached hydrogen (secondary N) is 1. The van der Waals surface area contributed by atoms with Gasteiger partial charge in [0.2, 0.25) is 0 Å². The zero-order valence-electron chi connectivity index (χ0n) is 16.4. The second kappa shape index (κ2) is 8.19. The summed E-state index contributed by atoms with van der Waals surface area (Å²) >= 11 is 0. The number of fused-ring (bicyclic) bond motifs is 1. The van der Waals surface area contributed by atoms with Gasteiger partial charge in [0.25, 0.3) is 21.6 Å². The van der Waals surface area contributed by atoms with Gasteiger partial charge in [-0.25, -0.2) is 8.42 Å². The Balaban J connectivity index is 1.60. The summed E-state index contributed by atoms with van der Waals surface area (Å²) in [4.78, 5) is 24.7. The molecule has 0 aliphatic carbocycles. The van der Waals surface area contributed by atoms with Gasteiger partial charge in [-0.1, -0.05) is 24.3 Å². The third-order valence-electron chi connectivity index (χ3n) is 5.05. The normalized spacial score (nSPS) is 13.4. The van der Waals surface area contributed by atoms with Crippen LogP contribution in [0.1, 0.15) is 22.3 Å². The monoisotopic (exact) mass is 437 g/mol. The molecular formula is C22H19N3O5S. The average Bonchev–Trinajstić information content (AvgIpc) is 2.78. The minimum absolute atomic E-state index is 0.105. The SMILES string of the molecule is O=C(c1ccccc1)N1CCCc2cc(NS(=O)(=O)c3cccc([N+](=O)[O-])c3)ccc21. The Bertz CT molecular complexity index is 1260. The first-order valence-corrected chi connectivity index (χ1v) is 11.1. The summed E-state index contributed by atoms with van der Waals surface area (Å²) in [5.74, 6) is -0.105. The minimum Gasteiger partial charge on any atom is -0.308 e. The van der Waals surface area contributed by atoms with Crippen molar-refractivity contribution in [1.29, 1.82) is 0 Å². The van der Waals surface area contributed by atoms with E-state index in [9.17, 15) is 23.3 Å². The first-order chi connectivity index (χ1) is 14.8. The molecule has 4 rings (SSSR count). The molecule has 158 valence electrons. The first kappa shape index (κ1) is 20.5. The summed E-state index contributed by atoms with van der Waals surface area (Å²) < 4.78 is 27.9. The molecule has 3 aromatic carbocycles. The number of nitro groups is 1. The molecule has 0 fully saturated rings. The predicted octanol–water partition coefficient (Wildman–Crippen LogP) is 3.99. The van der Waals surface area contributed by atoms with Gasteiger partial charge in [-0.05, 0) is 54.8 Å². The van der Waals surface area contributed by atoms with Crippen LogP contribution < -0.4 is 9.62 Å². The van der Waals surface area contributed by atoms with E-state index in [0.717, 1.165) is 23.7 Å². The molecule has 3 aromatic rings. The smallest absolute Gasteiger partial charge is 0.270 e. The number of anilines is 2. The van der Waals surface area contributed by atoms with Gasteiger partial charge in [0.15, 0.2) is 0 Å². The number of non-ortho nitro benzene ring substituents is 1. The van der Waals surface area contributed by atoms with Crippen LogP contribution in [0, 0.1) is 10.1 Å². The van der Waals surface area contributed by atoms with Crippen LogP contribution in [-0.2, 0) is 16.4 Å². The highest BCUT2D eigenvalue weighted by molar-refractivity contribution is 7.92. The van der Waals surface area contributed by atoms with Gasteiger partial charge in [0, 0.05) is 35.6 Å². The molecule has 0 atom stereocenters. The van der Waals surface area contributed by atoms with Crippen molar-refractivity contribution in [3.63, 3.8) is 0 Å². The van der Waals surface area contributed by atoms with E-state index in [-0.39, 0.29) is 16.5 Å². The van der Waals surface area contributed by atoms with Crippen molar-refractivity contribution in [3.05, 3.63) is 94.0 Å². The molecule has 9 heteroatoms. The maximum Gasteiger partial charge on any atom is 0.270 e. The number of aryl methyl sites for hydroxylation is 1. The van der Waals surface area contributed by atoms with E-state index in [1.165, 1.54) is 18.2 Å². The number of hydrogen-bond acceptors (Lipinski definition) is 5. The fourth-order valence-electron chi connectivity index (χ4n) is 3.59. The highest BCUT2D eigenvalue weighted by atomic mass is 32.2. The second-order valence-corrected chi connectivity index (χ2v) is 8.81. The standard InChI is InChI=1S/C22H19N3O5S/c26-22(16-6-2-1-3-7-16)24-13-5-8-17-14-18(11-12-21(17)24)23-31(29,30)20-10-4-9-19(15-20)25(27)28/h1-4,6-7,9-12,14-15,23H,5,8,13H2. The third-order valence-corrected chi connectivity index (χ3v) is 6.43. The molecule has 0 spiro atoms. The van der Waals surface area contributed by atoms with E-state index in [0.29, 0.717) is 24.2 Å². The summed E-state index contributed by atoms with van der Waals surface area (Å²) in [6, 6.07) is 18.9. The van der Waals surface area contributed by atoms with E-state index in [1.54, 1.807) is 35.2 Å².